The Morgan fingerprint density at radius 3 is 2.67 bits per heavy atom. The molecular formula is C9H18O3. The van der Waals surface area contributed by atoms with Crippen LogP contribution in [-0.4, -0.2) is 24.3 Å². The lowest BCUT2D eigenvalue weighted by Crippen LogP contribution is -2.14. The zero-order valence-electron chi connectivity index (χ0n) is 7.88. The Labute approximate surface area is 73.7 Å². The molecule has 0 amide bonds. The second-order valence-corrected chi connectivity index (χ2v) is 2.93. The summed E-state index contributed by atoms with van der Waals surface area (Å²) in [5.41, 5.74) is 0. The summed E-state index contributed by atoms with van der Waals surface area (Å²) in [5.74, 6) is -0.334. The molecule has 12 heavy (non-hydrogen) atoms. The summed E-state index contributed by atoms with van der Waals surface area (Å²) in [7, 11) is 1.33. The van der Waals surface area contributed by atoms with E-state index < -0.39 is 6.10 Å². The van der Waals surface area contributed by atoms with Crippen molar-refractivity contribution < 1.29 is 14.6 Å². The van der Waals surface area contributed by atoms with E-state index in [2.05, 4.69) is 11.7 Å². The van der Waals surface area contributed by atoms with Crippen LogP contribution in [0.15, 0.2) is 0 Å². The van der Waals surface area contributed by atoms with Gasteiger partial charge >= 0.3 is 5.97 Å². The van der Waals surface area contributed by atoms with Gasteiger partial charge in [-0.1, -0.05) is 26.2 Å². The van der Waals surface area contributed by atoms with Gasteiger partial charge in [-0.3, -0.25) is 4.79 Å². The van der Waals surface area contributed by atoms with Crippen LogP contribution in [0.3, 0.4) is 0 Å². The number of ether oxygens (including phenoxy) is 1. The minimum Gasteiger partial charge on any atom is -0.469 e. The molecule has 0 spiro atoms. The van der Waals surface area contributed by atoms with Crippen molar-refractivity contribution in [1.29, 1.82) is 0 Å². The Kier molecular flexibility index (Phi) is 6.76. The lowest BCUT2D eigenvalue weighted by molar-refractivity contribution is -0.142. The number of carbonyl (C=O) groups is 1. The van der Waals surface area contributed by atoms with Crippen LogP contribution in [0, 0.1) is 0 Å². The molecule has 0 aliphatic heterocycles. The van der Waals surface area contributed by atoms with E-state index in [0.717, 1.165) is 19.3 Å². The molecule has 3 heteroatoms. The second kappa shape index (κ2) is 7.10. The SMILES string of the molecule is CCCCC[C@@H](O)CC(=O)OC. The summed E-state index contributed by atoms with van der Waals surface area (Å²) in [4.78, 5) is 10.7. The number of carbonyl (C=O) groups excluding carboxylic acids is 1. The molecular weight excluding hydrogens is 156 g/mol. The van der Waals surface area contributed by atoms with Crippen molar-refractivity contribution >= 4 is 5.97 Å². The van der Waals surface area contributed by atoms with Gasteiger partial charge in [-0.25, -0.2) is 0 Å². The van der Waals surface area contributed by atoms with Crippen molar-refractivity contribution in [3.05, 3.63) is 0 Å². The van der Waals surface area contributed by atoms with E-state index in [9.17, 15) is 9.90 Å². The number of aliphatic hydroxyl groups excluding tert-OH is 1. The molecule has 0 saturated heterocycles. The van der Waals surface area contributed by atoms with Gasteiger partial charge in [0.25, 0.3) is 0 Å². The molecule has 72 valence electrons. The number of hydrogen-bond donors (Lipinski definition) is 1. The highest BCUT2D eigenvalue weighted by atomic mass is 16.5. The number of esters is 1. The molecule has 3 nitrogen and oxygen atoms in total. The first-order valence-corrected chi connectivity index (χ1v) is 4.45. The molecule has 0 saturated carbocycles. The van der Waals surface area contributed by atoms with Gasteiger partial charge in [-0.2, -0.15) is 0 Å². The zero-order valence-corrected chi connectivity index (χ0v) is 7.88. The Morgan fingerprint density at radius 1 is 1.50 bits per heavy atom. The minimum absolute atomic E-state index is 0.125. The van der Waals surface area contributed by atoms with Gasteiger partial charge in [0.05, 0.1) is 19.6 Å². The first-order chi connectivity index (χ1) is 5.70. The highest BCUT2D eigenvalue weighted by Gasteiger charge is 2.09. The fourth-order valence-corrected chi connectivity index (χ4v) is 1.01. The van der Waals surface area contributed by atoms with Crippen molar-refractivity contribution in [1.82, 2.24) is 0 Å². The lowest BCUT2D eigenvalue weighted by Gasteiger charge is -2.07. The Bertz CT molecular complexity index is 123. The number of hydrogen-bond acceptors (Lipinski definition) is 3. The summed E-state index contributed by atoms with van der Waals surface area (Å²) < 4.78 is 4.43. The van der Waals surface area contributed by atoms with Crippen molar-refractivity contribution in [3.63, 3.8) is 0 Å². The van der Waals surface area contributed by atoms with E-state index in [4.69, 9.17) is 0 Å². The minimum atomic E-state index is -0.524. The first kappa shape index (κ1) is 11.4. The van der Waals surface area contributed by atoms with E-state index in [1.165, 1.54) is 7.11 Å². The summed E-state index contributed by atoms with van der Waals surface area (Å²) in [6.07, 6.45) is 3.52. The van der Waals surface area contributed by atoms with E-state index in [1.807, 2.05) is 0 Å². The number of rotatable bonds is 6. The van der Waals surface area contributed by atoms with Crippen LogP contribution in [0.4, 0.5) is 0 Å². The van der Waals surface area contributed by atoms with Crippen LogP contribution in [0.5, 0.6) is 0 Å². The van der Waals surface area contributed by atoms with Crippen LogP contribution in [0.2, 0.25) is 0 Å². The lowest BCUT2D eigenvalue weighted by atomic mass is 10.1. The highest BCUT2D eigenvalue weighted by molar-refractivity contribution is 5.69. The fourth-order valence-electron chi connectivity index (χ4n) is 1.01. The van der Waals surface area contributed by atoms with Crippen molar-refractivity contribution in [2.75, 3.05) is 7.11 Å². The van der Waals surface area contributed by atoms with Gasteiger partial charge in [-0.15, -0.1) is 0 Å². The van der Waals surface area contributed by atoms with Crippen molar-refractivity contribution in [3.8, 4) is 0 Å². The number of unbranched alkanes of at least 4 members (excludes halogenated alkanes) is 2. The molecule has 0 unspecified atom stereocenters. The van der Waals surface area contributed by atoms with E-state index in [0.29, 0.717) is 6.42 Å². The maximum atomic E-state index is 10.7. The molecule has 0 aromatic rings. The molecule has 0 aromatic carbocycles. The quantitative estimate of drug-likeness (QED) is 0.490. The molecule has 0 aliphatic rings. The molecule has 0 rings (SSSR count). The van der Waals surface area contributed by atoms with Crippen LogP contribution >= 0.6 is 0 Å². The smallest absolute Gasteiger partial charge is 0.308 e. The largest absolute Gasteiger partial charge is 0.469 e. The predicted octanol–water partition coefficient (Wildman–Crippen LogP) is 1.49. The third kappa shape index (κ3) is 6.16. The summed E-state index contributed by atoms with van der Waals surface area (Å²) in [5, 5.41) is 9.28. The van der Waals surface area contributed by atoms with Gasteiger partial charge in [0, 0.05) is 0 Å². The normalized spacial score (nSPS) is 12.6. The molecule has 0 radical (unpaired) electrons. The Morgan fingerprint density at radius 2 is 2.17 bits per heavy atom. The zero-order chi connectivity index (χ0) is 9.40. The third-order valence-electron chi connectivity index (χ3n) is 1.77. The van der Waals surface area contributed by atoms with Gasteiger partial charge in [0.1, 0.15) is 0 Å². The van der Waals surface area contributed by atoms with Crippen LogP contribution in [0.25, 0.3) is 0 Å². The molecule has 0 bridgehead atoms. The van der Waals surface area contributed by atoms with Crippen molar-refractivity contribution in [2.24, 2.45) is 0 Å². The second-order valence-electron chi connectivity index (χ2n) is 2.93. The summed E-state index contributed by atoms with van der Waals surface area (Å²) in [6, 6.07) is 0. The summed E-state index contributed by atoms with van der Waals surface area (Å²) in [6.45, 7) is 2.10. The highest BCUT2D eigenvalue weighted by Crippen LogP contribution is 2.06. The molecule has 0 aliphatic carbocycles. The first-order valence-electron chi connectivity index (χ1n) is 4.45. The molecule has 1 atom stereocenters. The average Bonchev–Trinajstić information content (AvgIpc) is 2.05. The van der Waals surface area contributed by atoms with Crippen LogP contribution in [-0.2, 0) is 9.53 Å². The molecule has 0 heterocycles. The summed E-state index contributed by atoms with van der Waals surface area (Å²) >= 11 is 0. The maximum Gasteiger partial charge on any atom is 0.308 e. The number of aliphatic hydroxyl groups is 1. The standard InChI is InChI=1S/C9H18O3/c1-3-4-5-6-8(10)7-9(11)12-2/h8,10H,3-7H2,1-2H3/t8-/m1/s1. The van der Waals surface area contributed by atoms with Gasteiger partial charge in [0.2, 0.25) is 0 Å². The molecule has 1 N–H and O–H groups in total. The number of methoxy groups -OCH3 is 1. The molecule has 0 fully saturated rings. The Balaban J connectivity index is 3.32. The van der Waals surface area contributed by atoms with Crippen LogP contribution in [0.1, 0.15) is 39.0 Å². The van der Waals surface area contributed by atoms with Gasteiger partial charge in [0.15, 0.2) is 0 Å². The monoisotopic (exact) mass is 174 g/mol. The molecule has 0 aromatic heterocycles. The van der Waals surface area contributed by atoms with Crippen molar-refractivity contribution in [2.45, 2.75) is 45.1 Å². The van der Waals surface area contributed by atoms with E-state index in [1.54, 1.807) is 0 Å². The topological polar surface area (TPSA) is 46.5 Å². The fraction of sp³-hybridized carbons (Fsp3) is 0.889. The third-order valence-corrected chi connectivity index (χ3v) is 1.77. The van der Waals surface area contributed by atoms with Crippen LogP contribution < -0.4 is 0 Å². The predicted molar refractivity (Wildman–Crippen MR) is 46.8 cm³/mol. The average molecular weight is 174 g/mol. The Hall–Kier alpha value is -0.570. The van der Waals surface area contributed by atoms with Gasteiger partial charge in [-0.05, 0) is 6.42 Å². The maximum absolute atomic E-state index is 10.7. The van der Waals surface area contributed by atoms with E-state index in [-0.39, 0.29) is 12.4 Å². The van der Waals surface area contributed by atoms with Gasteiger partial charge < -0.3 is 9.84 Å². The van der Waals surface area contributed by atoms with E-state index >= 15 is 0 Å².